The molecule has 36 heavy (non-hydrogen) atoms. The maximum absolute atomic E-state index is 13.6. The van der Waals surface area contributed by atoms with Crippen LogP contribution >= 0.6 is 0 Å². The zero-order valence-electron chi connectivity index (χ0n) is 20.6. The van der Waals surface area contributed by atoms with E-state index in [1.165, 1.54) is 17.7 Å². The second kappa shape index (κ2) is 10.9. The lowest BCUT2D eigenvalue weighted by Gasteiger charge is -2.20. The summed E-state index contributed by atoms with van der Waals surface area (Å²) in [6.07, 6.45) is 1.62. The molecule has 1 unspecified atom stereocenters. The van der Waals surface area contributed by atoms with Crippen LogP contribution in [0.3, 0.4) is 0 Å². The summed E-state index contributed by atoms with van der Waals surface area (Å²) in [4.78, 5) is 18.3. The molecule has 0 amide bonds. The summed E-state index contributed by atoms with van der Waals surface area (Å²) < 4.78 is 56.6. The number of alkyl halides is 3. The third kappa shape index (κ3) is 6.16. The van der Waals surface area contributed by atoms with Crippen molar-refractivity contribution >= 4 is 11.5 Å². The van der Waals surface area contributed by atoms with Gasteiger partial charge in [-0.2, -0.15) is 18.2 Å². The summed E-state index contributed by atoms with van der Waals surface area (Å²) >= 11 is 0. The number of rotatable bonds is 7. The molecule has 2 aliphatic rings. The van der Waals surface area contributed by atoms with E-state index in [1.54, 1.807) is 20.8 Å². The highest BCUT2D eigenvalue weighted by Crippen LogP contribution is 2.39. The molecule has 1 aromatic heterocycles. The first-order valence-corrected chi connectivity index (χ1v) is 12.1. The molecule has 2 aromatic rings. The number of hydrogen-bond acceptors (Lipinski definition) is 7. The first-order chi connectivity index (χ1) is 17.1. The van der Waals surface area contributed by atoms with Crippen LogP contribution in [0.4, 0.5) is 13.2 Å². The Labute approximate surface area is 207 Å². The smallest absolute Gasteiger partial charge is 0.419 e. The number of carbonyl (C=O) groups excluding carboxylic acids is 1. The highest BCUT2D eigenvalue weighted by Gasteiger charge is 2.35. The van der Waals surface area contributed by atoms with E-state index in [4.69, 9.17) is 14.0 Å². The predicted octanol–water partition coefficient (Wildman–Crippen LogP) is 5.53. The minimum absolute atomic E-state index is 0.00879. The zero-order chi connectivity index (χ0) is 25.9. The van der Waals surface area contributed by atoms with Gasteiger partial charge >= 0.3 is 12.1 Å². The van der Waals surface area contributed by atoms with Crippen LogP contribution in [0.15, 0.2) is 40.4 Å². The molecule has 2 heterocycles. The fourth-order valence-corrected chi connectivity index (χ4v) is 4.52. The van der Waals surface area contributed by atoms with Crippen molar-refractivity contribution in [2.24, 2.45) is 5.92 Å². The van der Waals surface area contributed by atoms with Gasteiger partial charge in [0.2, 0.25) is 5.82 Å². The van der Waals surface area contributed by atoms with Crippen molar-refractivity contribution in [1.82, 2.24) is 15.0 Å². The molecule has 194 valence electrons. The first-order valence-electron chi connectivity index (χ1n) is 12.1. The number of allylic oxidation sites excluding steroid dienone is 3. The second-order valence-corrected chi connectivity index (χ2v) is 9.23. The lowest BCUT2D eigenvalue weighted by atomic mass is 9.85. The van der Waals surface area contributed by atoms with Crippen LogP contribution in [0.1, 0.15) is 51.4 Å². The molecule has 1 atom stereocenters. The summed E-state index contributed by atoms with van der Waals surface area (Å²) in [5.41, 5.74) is 1.31. The Bertz CT molecular complexity index is 1150. The van der Waals surface area contributed by atoms with Gasteiger partial charge in [0.05, 0.1) is 24.8 Å². The summed E-state index contributed by atoms with van der Waals surface area (Å²) in [7, 11) is 0. The zero-order valence-corrected chi connectivity index (χ0v) is 20.6. The number of halogens is 3. The Morgan fingerprint density at radius 3 is 2.81 bits per heavy atom. The molecule has 0 bridgehead atoms. The van der Waals surface area contributed by atoms with Gasteiger partial charge in [0, 0.05) is 17.7 Å². The summed E-state index contributed by atoms with van der Waals surface area (Å²) in [6.45, 7) is 7.34. The second-order valence-electron chi connectivity index (χ2n) is 9.23. The molecule has 4 rings (SSSR count). The number of esters is 1. The van der Waals surface area contributed by atoms with Crippen LogP contribution in [-0.4, -0.2) is 53.4 Å². The normalized spacial score (nSPS) is 18.8. The number of carbonyl (C=O) groups is 1. The standard InChI is InChI=1S/C26H30F3N3O4/c1-4-34-23(33)15-32-11-9-17-5-6-19(13-18(17)10-12-32)24-30-25(36-31-24)20-7-8-22(35-16(2)3)21(14-20)26(27,28)29/h6-8,13-14,16-17H,4-5,9-12,15H2,1-3H3. The highest BCUT2D eigenvalue weighted by molar-refractivity contribution is 5.73. The molecule has 0 radical (unpaired) electrons. The fourth-order valence-electron chi connectivity index (χ4n) is 4.52. The van der Waals surface area contributed by atoms with Crippen LogP contribution < -0.4 is 4.74 Å². The topological polar surface area (TPSA) is 77.7 Å². The first kappa shape index (κ1) is 25.9. The highest BCUT2D eigenvalue weighted by atomic mass is 19.4. The van der Waals surface area contributed by atoms with Crippen molar-refractivity contribution in [2.75, 3.05) is 26.2 Å². The van der Waals surface area contributed by atoms with Gasteiger partial charge in [-0.1, -0.05) is 22.9 Å². The summed E-state index contributed by atoms with van der Waals surface area (Å²) in [5, 5.41) is 4.03. The summed E-state index contributed by atoms with van der Waals surface area (Å²) in [6, 6.07) is 3.74. The Morgan fingerprint density at radius 1 is 1.28 bits per heavy atom. The van der Waals surface area contributed by atoms with E-state index >= 15 is 0 Å². The monoisotopic (exact) mass is 505 g/mol. The lowest BCUT2D eigenvalue weighted by molar-refractivity contribution is -0.144. The van der Waals surface area contributed by atoms with E-state index in [1.807, 2.05) is 12.2 Å². The molecule has 0 spiro atoms. The van der Waals surface area contributed by atoms with Crippen LogP contribution in [-0.2, 0) is 15.7 Å². The quantitative estimate of drug-likeness (QED) is 0.458. The third-order valence-corrected chi connectivity index (χ3v) is 6.23. The van der Waals surface area contributed by atoms with Crippen molar-refractivity contribution in [3.8, 4) is 17.2 Å². The summed E-state index contributed by atoms with van der Waals surface area (Å²) in [5.74, 6) is 0.258. The average molecular weight is 506 g/mol. The van der Waals surface area contributed by atoms with Crippen molar-refractivity contribution in [3.63, 3.8) is 0 Å². The number of ether oxygens (including phenoxy) is 2. The molecule has 1 aliphatic heterocycles. The predicted molar refractivity (Wildman–Crippen MR) is 127 cm³/mol. The van der Waals surface area contributed by atoms with Gasteiger partial charge in [0.1, 0.15) is 5.75 Å². The molecule has 0 N–H and O–H groups in total. The average Bonchev–Trinajstić information content (AvgIpc) is 3.22. The van der Waals surface area contributed by atoms with Crippen molar-refractivity contribution in [3.05, 3.63) is 47.3 Å². The lowest BCUT2D eigenvalue weighted by Crippen LogP contribution is -2.32. The van der Waals surface area contributed by atoms with Gasteiger partial charge in [0.15, 0.2) is 0 Å². The molecule has 1 fully saturated rings. The molecular formula is C26H30F3N3O4. The Hall–Kier alpha value is -3.14. The van der Waals surface area contributed by atoms with E-state index in [-0.39, 0.29) is 29.7 Å². The number of hydrogen-bond donors (Lipinski definition) is 0. The van der Waals surface area contributed by atoms with E-state index in [2.05, 4.69) is 15.0 Å². The fraction of sp³-hybridized carbons (Fsp3) is 0.500. The van der Waals surface area contributed by atoms with Gasteiger partial charge < -0.3 is 14.0 Å². The van der Waals surface area contributed by atoms with E-state index < -0.39 is 17.8 Å². The molecular weight excluding hydrogens is 475 g/mol. The van der Waals surface area contributed by atoms with Crippen molar-refractivity contribution in [1.29, 1.82) is 0 Å². The van der Waals surface area contributed by atoms with Gasteiger partial charge in [0.25, 0.3) is 5.89 Å². The number of likely N-dealkylation sites (tertiary alicyclic amines) is 1. The van der Waals surface area contributed by atoms with Gasteiger partial charge in [-0.25, -0.2) is 0 Å². The van der Waals surface area contributed by atoms with Gasteiger partial charge in [-0.3, -0.25) is 9.69 Å². The SMILES string of the molecule is CCOC(=O)CN1CCC2=CC(c3noc(-c4ccc(OC(C)C)c(C(F)(F)F)c4)n3)=CCC2CC1. The van der Waals surface area contributed by atoms with Crippen molar-refractivity contribution < 1.29 is 32.0 Å². The molecule has 1 saturated heterocycles. The molecule has 10 heteroatoms. The van der Waals surface area contributed by atoms with Crippen molar-refractivity contribution in [2.45, 2.75) is 52.3 Å². The van der Waals surface area contributed by atoms with Crippen LogP contribution in [0.5, 0.6) is 5.75 Å². The molecule has 1 aliphatic carbocycles. The minimum Gasteiger partial charge on any atom is -0.490 e. The van der Waals surface area contributed by atoms with Gasteiger partial charge in [-0.05, 0) is 70.7 Å². The van der Waals surface area contributed by atoms with E-state index in [0.29, 0.717) is 18.3 Å². The largest absolute Gasteiger partial charge is 0.490 e. The van der Waals surface area contributed by atoms with Gasteiger partial charge in [-0.15, -0.1) is 0 Å². The number of nitrogens with zero attached hydrogens (tertiary/aromatic N) is 3. The maximum atomic E-state index is 13.6. The van der Waals surface area contributed by atoms with Crippen LogP contribution in [0.2, 0.25) is 0 Å². The van der Waals surface area contributed by atoms with E-state index in [0.717, 1.165) is 44.0 Å². The molecule has 1 aromatic carbocycles. The Balaban J connectivity index is 1.50. The Kier molecular flexibility index (Phi) is 7.82. The van der Waals surface area contributed by atoms with E-state index in [9.17, 15) is 18.0 Å². The minimum atomic E-state index is -4.59. The number of aromatic nitrogens is 2. The number of benzene rings is 1. The third-order valence-electron chi connectivity index (χ3n) is 6.23. The van der Waals surface area contributed by atoms with Crippen LogP contribution in [0.25, 0.3) is 17.0 Å². The molecule has 0 saturated carbocycles. The van der Waals surface area contributed by atoms with Crippen LogP contribution in [0, 0.1) is 5.92 Å². The number of fused-ring (bicyclic) bond motifs is 1. The Morgan fingerprint density at radius 2 is 2.08 bits per heavy atom. The maximum Gasteiger partial charge on any atom is 0.419 e. The molecule has 7 nitrogen and oxygen atoms in total.